The summed E-state index contributed by atoms with van der Waals surface area (Å²) in [4.78, 5) is 0. The second-order valence-electron chi connectivity index (χ2n) is 10.1. The van der Waals surface area contributed by atoms with E-state index < -0.39 is 12.9 Å². The lowest BCUT2D eigenvalue weighted by atomic mass is 9.92. The van der Waals surface area contributed by atoms with Crippen LogP contribution in [0.3, 0.4) is 0 Å². The average Bonchev–Trinajstić information content (AvgIpc) is 3.13. The first kappa shape index (κ1) is 32.5. The molecule has 0 bridgehead atoms. The predicted octanol–water partition coefficient (Wildman–Crippen LogP) is 6.30. The highest BCUT2D eigenvalue weighted by molar-refractivity contribution is 8.44. The summed E-state index contributed by atoms with van der Waals surface area (Å²) < 4.78 is 34.1. The van der Waals surface area contributed by atoms with Crippen molar-refractivity contribution in [3.05, 3.63) is 0 Å². The number of rotatable bonds is 23. The number of aliphatic hydroxyl groups is 1. The van der Waals surface area contributed by atoms with E-state index in [2.05, 4.69) is 26.1 Å². The Morgan fingerprint density at radius 2 is 1.47 bits per heavy atom. The van der Waals surface area contributed by atoms with E-state index in [4.69, 9.17) is 18.5 Å². The maximum Gasteiger partial charge on any atom is 0.386 e. The van der Waals surface area contributed by atoms with E-state index in [-0.39, 0.29) is 31.9 Å². The zero-order valence-electron chi connectivity index (χ0n) is 22.1. The molecule has 0 aliphatic carbocycles. The zero-order valence-corrected chi connectivity index (χ0v) is 23.9. The molecule has 0 aromatic heterocycles. The minimum Gasteiger partial charge on any atom is -0.388 e. The van der Waals surface area contributed by atoms with Gasteiger partial charge >= 0.3 is 6.80 Å². The van der Waals surface area contributed by atoms with Gasteiger partial charge in [0, 0.05) is 12.6 Å². The van der Waals surface area contributed by atoms with Gasteiger partial charge in [-0.25, -0.2) is 4.57 Å². The van der Waals surface area contributed by atoms with Gasteiger partial charge in [-0.1, -0.05) is 110 Å². The number of hydrogen-bond donors (Lipinski definition) is 2. The standard InChI is InChI=1S/C25H52BO6PS/c1-3-4-5-6-7-8-9-10-11-12-13-14-15-16-17-29-19-23(27)20-30-33(28,34)31-21-24-22(2)18-25(26)32-24/h22-25,27H,3-21,26H2,1-2H3,(H,28,34)/t22?,23?,24-,25-,33?/m1/s1. The van der Waals surface area contributed by atoms with Crippen molar-refractivity contribution < 1.29 is 28.2 Å². The summed E-state index contributed by atoms with van der Waals surface area (Å²) in [5.74, 6) is 0.345. The second-order valence-corrected chi connectivity index (χ2v) is 13.0. The Morgan fingerprint density at radius 1 is 0.941 bits per heavy atom. The van der Waals surface area contributed by atoms with E-state index in [1.807, 2.05) is 7.85 Å². The number of thiol groups is 1. The first-order valence-corrected chi connectivity index (χ1v) is 16.6. The molecule has 3 unspecified atom stereocenters. The summed E-state index contributed by atoms with van der Waals surface area (Å²) >= 11 is 3.99. The molecule has 1 N–H and O–H groups in total. The molecule has 34 heavy (non-hydrogen) atoms. The average molecular weight is 523 g/mol. The number of aliphatic hydroxyl groups excluding tert-OH is 1. The topological polar surface area (TPSA) is 74.2 Å². The van der Waals surface area contributed by atoms with Gasteiger partial charge in [0.2, 0.25) is 0 Å². The first-order chi connectivity index (χ1) is 16.3. The van der Waals surface area contributed by atoms with Gasteiger partial charge in [0.05, 0.1) is 25.9 Å². The van der Waals surface area contributed by atoms with Crippen molar-refractivity contribution in [1.82, 2.24) is 0 Å². The summed E-state index contributed by atoms with van der Waals surface area (Å²) in [5.41, 5.74) is 0. The van der Waals surface area contributed by atoms with Crippen molar-refractivity contribution in [2.24, 2.45) is 5.92 Å². The zero-order chi connectivity index (χ0) is 25.1. The van der Waals surface area contributed by atoms with Gasteiger partial charge in [-0.05, 0) is 18.8 Å². The van der Waals surface area contributed by atoms with Crippen molar-refractivity contribution in [3.8, 4) is 0 Å². The van der Waals surface area contributed by atoms with Gasteiger partial charge in [-0.15, -0.1) is 0 Å². The second kappa shape index (κ2) is 20.5. The van der Waals surface area contributed by atoms with Gasteiger partial charge in [-0.3, -0.25) is 9.05 Å². The molecule has 1 fully saturated rings. The SMILES string of the molecule is B[C@H]1CC(C)[C@@H](COP(=O)(S)OCC(O)COCCCCCCCCCCCCCCCC)O1. The van der Waals surface area contributed by atoms with Crippen molar-refractivity contribution in [2.45, 2.75) is 128 Å². The van der Waals surface area contributed by atoms with Crippen LogP contribution >= 0.6 is 19.0 Å². The quantitative estimate of drug-likeness (QED) is 0.0710. The molecule has 0 radical (unpaired) electrons. The Hall–Kier alpha value is 0.445. The van der Waals surface area contributed by atoms with Crippen LogP contribution < -0.4 is 0 Å². The lowest BCUT2D eigenvalue weighted by Gasteiger charge is -2.19. The molecule has 1 rings (SSSR count). The molecule has 0 amide bonds. The summed E-state index contributed by atoms with van der Waals surface area (Å²) in [5, 5.41) is 10.00. The van der Waals surface area contributed by atoms with Gasteiger partial charge < -0.3 is 14.6 Å². The summed E-state index contributed by atoms with van der Waals surface area (Å²) in [7, 11) is 2.02. The largest absolute Gasteiger partial charge is 0.388 e. The highest BCUT2D eigenvalue weighted by atomic mass is 32.7. The Morgan fingerprint density at radius 3 is 1.97 bits per heavy atom. The Labute approximate surface area is 215 Å². The Balaban J connectivity index is 1.87. The maximum absolute atomic E-state index is 12.3. The lowest BCUT2D eigenvalue weighted by Crippen LogP contribution is -2.23. The summed E-state index contributed by atoms with van der Waals surface area (Å²) in [6, 6.07) is 0.183. The minimum atomic E-state index is -3.52. The van der Waals surface area contributed by atoms with Crippen LogP contribution in [0.25, 0.3) is 0 Å². The van der Waals surface area contributed by atoms with Crippen LogP contribution in [-0.2, 0) is 23.1 Å². The van der Waals surface area contributed by atoms with Crippen LogP contribution in [0, 0.1) is 5.92 Å². The fourth-order valence-electron chi connectivity index (χ4n) is 4.42. The molecule has 0 aromatic rings. The molecule has 0 saturated carbocycles. The molecule has 0 aromatic carbocycles. The van der Waals surface area contributed by atoms with E-state index in [1.54, 1.807) is 0 Å². The fourth-order valence-corrected chi connectivity index (χ4v) is 5.59. The molecule has 5 atom stereocenters. The molecule has 1 saturated heterocycles. The minimum absolute atomic E-state index is 0.0996. The van der Waals surface area contributed by atoms with Crippen LogP contribution in [0.5, 0.6) is 0 Å². The van der Waals surface area contributed by atoms with E-state index in [0.717, 1.165) is 19.3 Å². The third-order valence-corrected chi connectivity index (χ3v) is 8.17. The summed E-state index contributed by atoms with van der Waals surface area (Å²) in [6.07, 6.45) is 18.6. The molecular weight excluding hydrogens is 470 g/mol. The van der Waals surface area contributed by atoms with E-state index in [1.165, 1.54) is 77.0 Å². The van der Waals surface area contributed by atoms with E-state index >= 15 is 0 Å². The highest BCUT2D eigenvalue weighted by Gasteiger charge is 2.32. The molecule has 1 heterocycles. The van der Waals surface area contributed by atoms with Crippen LogP contribution in [0.4, 0.5) is 0 Å². The van der Waals surface area contributed by atoms with Crippen LogP contribution in [-0.4, -0.2) is 57.6 Å². The number of hydrogen-bond acceptors (Lipinski definition) is 6. The number of unbranched alkanes of at least 4 members (excludes halogenated alkanes) is 13. The molecule has 6 nitrogen and oxygen atoms in total. The van der Waals surface area contributed by atoms with E-state index in [0.29, 0.717) is 12.5 Å². The molecule has 9 heteroatoms. The molecule has 0 spiro atoms. The maximum atomic E-state index is 12.3. The third-order valence-electron chi connectivity index (χ3n) is 6.53. The number of ether oxygens (including phenoxy) is 2. The molecule has 1 aliphatic rings. The predicted molar refractivity (Wildman–Crippen MR) is 147 cm³/mol. The van der Waals surface area contributed by atoms with Crippen LogP contribution in [0.1, 0.15) is 110 Å². The Bertz CT molecular complexity index is 530. The Kier molecular flexibility index (Phi) is 19.6. The smallest absolute Gasteiger partial charge is 0.386 e. The third kappa shape index (κ3) is 17.8. The van der Waals surface area contributed by atoms with Gasteiger partial charge in [-0.2, -0.15) is 0 Å². The first-order valence-electron chi connectivity index (χ1n) is 13.9. The van der Waals surface area contributed by atoms with Gasteiger partial charge in [0.1, 0.15) is 14.0 Å². The van der Waals surface area contributed by atoms with Crippen LogP contribution in [0.15, 0.2) is 0 Å². The highest BCUT2D eigenvalue weighted by Crippen LogP contribution is 2.53. The normalized spacial score (nSPS) is 23.2. The van der Waals surface area contributed by atoms with E-state index in [9.17, 15) is 9.67 Å². The van der Waals surface area contributed by atoms with Crippen molar-refractivity contribution >= 4 is 26.9 Å². The summed E-state index contributed by atoms with van der Waals surface area (Å²) in [6.45, 7) is 1.66. The van der Waals surface area contributed by atoms with Crippen molar-refractivity contribution in [1.29, 1.82) is 0 Å². The van der Waals surface area contributed by atoms with Crippen LogP contribution in [0.2, 0.25) is 0 Å². The van der Waals surface area contributed by atoms with Crippen molar-refractivity contribution in [3.63, 3.8) is 0 Å². The van der Waals surface area contributed by atoms with Gasteiger partial charge in [0.25, 0.3) is 0 Å². The monoisotopic (exact) mass is 522 g/mol. The van der Waals surface area contributed by atoms with Crippen molar-refractivity contribution in [2.75, 3.05) is 26.4 Å². The lowest BCUT2D eigenvalue weighted by molar-refractivity contribution is 0.00349. The fraction of sp³-hybridized carbons (Fsp3) is 1.00. The van der Waals surface area contributed by atoms with Gasteiger partial charge in [0.15, 0.2) is 0 Å². The molecule has 202 valence electrons. The molecule has 1 aliphatic heterocycles. The molecular formula is C25H52BO6PS.